The number of benzene rings is 1. The zero-order valence-electron chi connectivity index (χ0n) is 11.7. The van der Waals surface area contributed by atoms with Gasteiger partial charge in [0.15, 0.2) is 0 Å². The molecule has 0 spiro atoms. The summed E-state index contributed by atoms with van der Waals surface area (Å²) in [5.74, 6) is -0.640. The fraction of sp³-hybridized carbons (Fsp3) is 0.467. The number of esters is 1. The van der Waals surface area contributed by atoms with Crippen molar-refractivity contribution in [1.29, 1.82) is 0 Å². The van der Waals surface area contributed by atoms with Gasteiger partial charge in [-0.2, -0.15) is 0 Å². The van der Waals surface area contributed by atoms with E-state index in [0.717, 1.165) is 5.56 Å². The van der Waals surface area contributed by atoms with E-state index in [-0.39, 0.29) is 37.4 Å². The second-order valence-corrected chi connectivity index (χ2v) is 4.44. The van der Waals surface area contributed by atoms with Gasteiger partial charge in [-0.1, -0.05) is 30.3 Å². The first-order valence-corrected chi connectivity index (χ1v) is 6.75. The van der Waals surface area contributed by atoms with Crippen LogP contribution in [0.25, 0.3) is 0 Å². The molecule has 1 rings (SSSR count). The Morgan fingerprint density at radius 2 is 1.95 bits per heavy atom. The number of hydrogen-bond donors (Lipinski definition) is 2. The van der Waals surface area contributed by atoms with E-state index in [2.05, 4.69) is 5.32 Å². The Labute approximate surface area is 118 Å². The zero-order chi connectivity index (χ0) is 14.8. The first-order valence-electron chi connectivity index (χ1n) is 6.75. The predicted molar refractivity (Wildman–Crippen MR) is 75.0 cm³/mol. The smallest absolute Gasteiger partial charge is 0.306 e. The summed E-state index contributed by atoms with van der Waals surface area (Å²) >= 11 is 0. The number of carbonyl (C=O) groups is 2. The second-order valence-electron chi connectivity index (χ2n) is 4.44. The number of ether oxygens (including phenoxy) is 1. The van der Waals surface area contributed by atoms with Crippen LogP contribution in [-0.4, -0.2) is 36.2 Å². The number of rotatable bonds is 8. The summed E-state index contributed by atoms with van der Waals surface area (Å²) in [6, 6.07) is 9.27. The third-order valence-corrected chi connectivity index (χ3v) is 2.77. The van der Waals surface area contributed by atoms with Crippen LogP contribution in [0.4, 0.5) is 0 Å². The summed E-state index contributed by atoms with van der Waals surface area (Å²) in [5, 5.41) is 12.0. The molecule has 0 saturated carbocycles. The fourth-order valence-corrected chi connectivity index (χ4v) is 1.81. The highest BCUT2D eigenvalue weighted by atomic mass is 16.5. The van der Waals surface area contributed by atoms with E-state index in [9.17, 15) is 14.7 Å². The topological polar surface area (TPSA) is 75.6 Å². The Morgan fingerprint density at radius 1 is 1.25 bits per heavy atom. The summed E-state index contributed by atoms with van der Waals surface area (Å²) in [4.78, 5) is 22.8. The van der Waals surface area contributed by atoms with Gasteiger partial charge >= 0.3 is 5.97 Å². The molecule has 0 bridgehead atoms. The van der Waals surface area contributed by atoms with Gasteiger partial charge in [0.1, 0.15) is 0 Å². The maximum absolute atomic E-state index is 11.7. The van der Waals surface area contributed by atoms with Crippen LogP contribution < -0.4 is 5.32 Å². The van der Waals surface area contributed by atoms with E-state index < -0.39 is 0 Å². The molecule has 5 nitrogen and oxygen atoms in total. The number of aliphatic hydroxyl groups is 1. The SMILES string of the molecule is CCOC(=O)CCC(=O)N[C@@H](CO)Cc1ccccc1. The van der Waals surface area contributed by atoms with Crippen molar-refractivity contribution in [3.63, 3.8) is 0 Å². The molecular formula is C15H21NO4. The average Bonchev–Trinajstić information content (AvgIpc) is 2.46. The van der Waals surface area contributed by atoms with E-state index >= 15 is 0 Å². The summed E-state index contributed by atoms with van der Waals surface area (Å²) in [6.45, 7) is 1.90. The normalized spacial score (nSPS) is 11.7. The molecule has 0 aliphatic carbocycles. The molecule has 1 atom stereocenters. The van der Waals surface area contributed by atoms with Gasteiger partial charge in [0.05, 0.1) is 25.7 Å². The quantitative estimate of drug-likeness (QED) is 0.697. The van der Waals surface area contributed by atoms with Crippen LogP contribution in [0, 0.1) is 0 Å². The van der Waals surface area contributed by atoms with Crippen molar-refractivity contribution in [2.75, 3.05) is 13.2 Å². The lowest BCUT2D eigenvalue weighted by Crippen LogP contribution is -2.39. The van der Waals surface area contributed by atoms with E-state index in [1.807, 2.05) is 30.3 Å². The standard InChI is InChI=1S/C15H21NO4/c1-2-20-15(19)9-8-14(18)16-13(11-17)10-12-6-4-3-5-7-12/h3-7,13,17H,2,8-11H2,1H3,(H,16,18)/t13-/m1/s1. The molecule has 1 amide bonds. The van der Waals surface area contributed by atoms with Crippen LogP contribution in [0.1, 0.15) is 25.3 Å². The first kappa shape index (κ1) is 16.2. The molecule has 5 heteroatoms. The first-order chi connectivity index (χ1) is 9.65. The largest absolute Gasteiger partial charge is 0.466 e. The predicted octanol–water partition coefficient (Wildman–Crippen LogP) is 1.05. The molecule has 0 radical (unpaired) electrons. The summed E-state index contributed by atoms with van der Waals surface area (Å²) < 4.78 is 4.75. The lowest BCUT2D eigenvalue weighted by atomic mass is 10.1. The Bertz CT molecular complexity index is 419. The van der Waals surface area contributed by atoms with E-state index in [1.54, 1.807) is 6.92 Å². The third kappa shape index (κ3) is 6.33. The van der Waals surface area contributed by atoms with E-state index in [1.165, 1.54) is 0 Å². The molecule has 110 valence electrons. The lowest BCUT2D eigenvalue weighted by molar-refractivity contribution is -0.144. The van der Waals surface area contributed by atoms with Crippen molar-refractivity contribution in [2.45, 2.75) is 32.2 Å². The van der Waals surface area contributed by atoms with Gasteiger partial charge in [-0.05, 0) is 18.9 Å². The van der Waals surface area contributed by atoms with Crippen LogP contribution in [0.2, 0.25) is 0 Å². The number of nitrogens with one attached hydrogen (secondary N) is 1. The summed E-state index contributed by atoms with van der Waals surface area (Å²) in [7, 11) is 0. The molecule has 0 unspecified atom stereocenters. The highest BCUT2D eigenvalue weighted by Gasteiger charge is 2.13. The van der Waals surface area contributed by atoms with Crippen LogP contribution >= 0.6 is 0 Å². The van der Waals surface area contributed by atoms with Gasteiger partial charge in [-0.15, -0.1) is 0 Å². The molecule has 0 saturated heterocycles. The highest BCUT2D eigenvalue weighted by molar-refractivity contribution is 5.81. The number of aliphatic hydroxyl groups excluding tert-OH is 1. The zero-order valence-corrected chi connectivity index (χ0v) is 11.7. The lowest BCUT2D eigenvalue weighted by Gasteiger charge is -2.16. The highest BCUT2D eigenvalue weighted by Crippen LogP contribution is 2.03. The number of hydrogen-bond acceptors (Lipinski definition) is 4. The van der Waals surface area contributed by atoms with Crippen LogP contribution in [0.3, 0.4) is 0 Å². The van der Waals surface area contributed by atoms with Gasteiger partial charge in [-0.3, -0.25) is 9.59 Å². The van der Waals surface area contributed by atoms with Crippen molar-refractivity contribution < 1.29 is 19.4 Å². The third-order valence-electron chi connectivity index (χ3n) is 2.77. The van der Waals surface area contributed by atoms with Crippen LogP contribution in [0.15, 0.2) is 30.3 Å². The Hall–Kier alpha value is -1.88. The average molecular weight is 279 g/mol. The van der Waals surface area contributed by atoms with Gasteiger partial charge in [0.2, 0.25) is 5.91 Å². The molecule has 0 aliphatic rings. The molecule has 0 aliphatic heterocycles. The van der Waals surface area contributed by atoms with Crippen LogP contribution in [-0.2, 0) is 20.7 Å². The molecule has 2 N–H and O–H groups in total. The van der Waals surface area contributed by atoms with Gasteiger partial charge in [0, 0.05) is 6.42 Å². The van der Waals surface area contributed by atoms with Crippen LogP contribution in [0.5, 0.6) is 0 Å². The molecule has 1 aromatic rings. The minimum Gasteiger partial charge on any atom is -0.466 e. The molecule has 20 heavy (non-hydrogen) atoms. The summed E-state index contributed by atoms with van der Waals surface area (Å²) in [5.41, 5.74) is 1.04. The Kier molecular flexibility index (Phi) is 7.35. The van der Waals surface area contributed by atoms with Gasteiger partial charge < -0.3 is 15.2 Å². The van der Waals surface area contributed by atoms with E-state index in [4.69, 9.17) is 4.74 Å². The van der Waals surface area contributed by atoms with Gasteiger partial charge in [-0.25, -0.2) is 0 Å². The molecule has 0 heterocycles. The van der Waals surface area contributed by atoms with Crippen molar-refractivity contribution in [1.82, 2.24) is 5.32 Å². The van der Waals surface area contributed by atoms with Crippen molar-refractivity contribution in [3.05, 3.63) is 35.9 Å². The molecule has 0 fully saturated rings. The maximum atomic E-state index is 11.7. The molecule has 0 aromatic heterocycles. The fourth-order valence-electron chi connectivity index (χ4n) is 1.81. The number of carbonyl (C=O) groups excluding carboxylic acids is 2. The monoisotopic (exact) mass is 279 g/mol. The summed E-state index contributed by atoms with van der Waals surface area (Å²) in [6.07, 6.45) is 0.690. The minimum absolute atomic E-state index is 0.0587. The number of amides is 1. The van der Waals surface area contributed by atoms with Crippen molar-refractivity contribution in [2.24, 2.45) is 0 Å². The van der Waals surface area contributed by atoms with Crippen molar-refractivity contribution >= 4 is 11.9 Å². The van der Waals surface area contributed by atoms with E-state index in [0.29, 0.717) is 13.0 Å². The molecular weight excluding hydrogens is 258 g/mol. The van der Waals surface area contributed by atoms with Crippen molar-refractivity contribution in [3.8, 4) is 0 Å². The van der Waals surface area contributed by atoms with Gasteiger partial charge in [0.25, 0.3) is 0 Å². The maximum Gasteiger partial charge on any atom is 0.306 e. The minimum atomic E-state index is -0.383. The Morgan fingerprint density at radius 3 is 2.55 bits per heavy atom. The second kappa shape index (κ2) is 9.09. The molecule has 1 aromatic carbocycles. The Balaban J connectivity index is 2.36.